The van der Waals surface area contributed by atoms with Crippen LogP contribution in [0.3, 0.4) is 0 Å². The Kier molecular flexibility index (Phi) is 4.29. The van der Waals surface area contributed by atoms with Crippen LogP contribution in [0.1, 0.15) is 40.7 Å². The van der Waals surface area contributed by atoms with Gasteiger partial charge in [-0.1, -0.05) is 19.0 Å². The fourth-order valence-electron chi connectivity index (χ4n) is 2.58. The molecule has 0 fully saturated rings. The number of amides is 1. The van der Waals surface area contributed by atoms with Gasteiger partial charge in [0.1, 0.15) is 0 Å². The Morgan fingerprint density at radius 1 is 1.31 bits per heavy atom. The molecular weight excluding hydrogens is 368 g/mol. The number of nitrogens with one attached hydrogen (secondary N) is 1. The Morgan fingerprint density at radius 2 is 2.15 bits per heavy atom. The van der Waals surface area contributed by atoms with E-state index in [9.17, 15) is 4.79 Å². The average Bonchev–Trinajstić information content (AvgIpc) is 3.32. The van der Waals surface area contributed by atoms with Gasteiger partial charge in [0.15, 0.2) is 5.13 Å². The molecule has 4 aromatic rings. The average molecular weight is 384 g/mol. The topological polar surface area (TPSA) is 80.9 Å². The van der Waals surface area contributed by atoms with Gasteiger partial charge >= 0.3 is 0 Å². The van der Waals surface area contributed by atoms with E-state index in [0.717, 1.165) is 21.7 Å². The monoisotopic (exact) mass is 384 g/mol. The van der Waals surface area contributed by atoms with Crippen molar-refractivity contribution in [3.8, 4) is 10.6 Å². The summed E-state index contributed by atoms with van der Waals surface area (Å²) in [5.74, 6) is -0.0642. The first-order valence-electron chi connectivity index (χ1n) is 8.10. The van der Waals surface area contributed by atoms with Gasteiger partial charge in [-0.25, -0.2) is 9.97 Å². The van der Waals surface area contributed by atoms with Crippen molar-refractivity contribution in [1.82, 2.24) is 15.1 Å². The van der Waals surface area contributed by atoms with E-state index in [2.05, 4.69) is 33.4 Å². The molecule has 26 heavy (non-hydrogen) atoms. The van der Waals surface area contributed by atoms with Crippen LogP contribution in [-0.2, 0) is 0 Å². The molecule has 1 N–H and O–H groups in total. The van der Waals surface area contributed by atoms with Crippen molar-refractivity contribution in [3.63, 3.8) is 0 Å². The highest BCUT2D eigenvalue weighted by Crippen LogP contribution is 2.30. The lowest BCUT2D eigenvalue weighted by molar-refractivity contribution is 0.102. The van der Waals surface area contributed by atoms with Crippen LogP contribution in [0.15, 0.2) is 34.3 Å². The molecule has 6 nitrogen and oxygen atoms in total. The minimum Gasteiger partial charge on any atom is -0.336 e. The molecule has 132 valence electrons. The molecule has 0 aliphatic carbocycles. The lowest BCUT2D eigenvalue weighted by Crippen LogP contribution is -2.12. The smallest absolute Gasteiger partial charge is 0.259 e. The summed E-state index contributed by atoms with van der Waals surface area (Å²) in [7, 11) is 0. The van der Waals surface area contributed by atoms with Crippen molar-refractivity contribution in [2.45, 2.75) is 26.7 Å². The summed E-state index contributed by atoms with van der Waals surface area (Å²) in [5.41, 5.74) is 2.56. The maximum atomic E-state index is 12.6. The molecule has 0 saturated carbocycles. The molecule has 0 aromatic carbocycles. The molecule has 0 saturated heterocycles. The second kappa shape index (κ2) is 6.62. The zero-order chi connectivity index (χ0) is 18.3. The van der Waals surface area contributed by atoms with E-state index in [4.69, 9.17) is 4.52 Å². The molecule has 8 heteroatoms. The summed E-state index contributed by atoms with van der Waals surface area (Å²) in [5, 5.41) is 10.2. The van der Waals surface area contributed by atoms with Gasteiger partial charge in [-0.3, -0.25) is 10.1 Å². The molecule has 1 amide bonds. The van der Waals surface area contributed by atoms with E-state index in [1.807, 2.05) is 25.3 Å². The number of carbonyl (C=O) groups is 1. The summed E-state index contributed by atoms with van der Waals surface area (Å²) in [6.07, 6.45) is 1.49. The van der Waals surface area contributed by atoms with E-state index in [1.54, 1.807) is 17.4 Å². The van der Waals surface area contributed by atoms with Crippen molar-refractivity contribution < 1.29 is 9.32 Å². The van der Waals surface area contributed by atoms with Crippen LogP contribution < -0.4 is 5.32 Å². The lowest BCUT2D eigenvalue weighted by Gasteiger charge is -2.02. The number of aryl methyl sites for hydroxylation is 1. The summed E-state index contributed by atoms with van der Waals surface area (Å²) in [6, 6.07) is 5.86. The minimum atomic E-state index is -0.251. The number of fused-ring (bicyclic) bond motifs is 1. The number of thiophene rings is 1. The lowest BCUT2D eigenvalue weighted by atomic mass is 10.1. The number of hydrogen-bond donors (Lipinski definition) is 1. The van der Waals surface area contributed by atoms with Gasteiger partial charge in [0, 0.05) is 16.5 Å². The standard InChI is InChI=1S/C18H16N4O2S2/c1-9(2)15-12-6-11(7-19-17(12)24-22-15)16(23)21-18-20-13(8-25-18)14-5-4-10(3)26-14/h4-9H,1-3H3,(H,20,21,23). The molecule has 0 bridgehead atoms. The number of hydrogen-bond acceptors (Lipinski definition) is 7. The molecule has 0 unspecified atom stereocenters. The van der Waals surface area contributed by atoms with E-state index in [1.165, 1.54) is 22.4 Å². The summed E-state index contributed by atoms with van der Waals surface area (Å²) >= 11 is 3.08. The van der Waals surface area contributed by atoms with Gasteiger partial charge in [0.05, 0.1) is 27.2 Å². The molecule has 4 aromatic heterocycles. The van der Waals surface area contributed by atoms with Gasteiger partial charge in [0.25, 0.3) is 11.6 Å². The third kappa shape index (κ3) is 3.13. The summed E-state index contributed by atoms with van der Waals surface area (Å²) in [4.78, 5) is 23.6. The molecule has 0 radical (unpaired) electrons. The summed E-state index contributed by atoms with van der Waals surface area (Å²) < 4.78 is 5.22. The Labute approximate surface area is 157 Å². The fraction of sp³-hybridized carbons (Fsp3) is 0.222. The predicted octanol–water partition coefficient (Wildman–Crippen LogP) is 5.09. The quantitative estimate of drug-likeness (QED) is 0.530. The zero-order valence-electron chi connectivity index (χ0n) is 14.4. The molecular formula is C18H16N4O2S2. The fourth-order valence-corrected chi connectivity index (χ4v) is 4.18. The van der Waals surface area contributed by atoms with Gasteiger partial charge < -0.3 is 4.52 Å². The molecule has 0 spiro atoms. The highest BCUT2D eigenvalue weighted by atomic mass is 32.1. The molecule has 0 atom stereocenters. The van der Waals surface area contributed by atoms with Gasteiger partial charge in [0.2, 0.25) is 0 Å². The normalized spacial score (nSPS) is 11.4. The van der Waals surface area contributed by atoms with E-state index in [-0.39, 0.29) is 11.8 Å². The number of anilines is 1. The minimum absolute atomic E-state index is 0.187. The highest BCUT2D eigenvalue weighted by molar-refractivity contribution is 7.17. The highest BCUT2D eigenvalue weighted by Gasteiger charge is 2.17. The van der Waals surface area contributed by atoms with Crippen molar-refractivity contribution in [3.05, 3.63) is 45.9 Å². The Morgan fingerprint density at radius 3 is 2.88 bits per heavy atom. The van der Waals surface area contributed by atoms with Gasteiger partial charge in [-0.15, -0.1) is 22.7 Å². The first-order chi connectivity index (χ1) is 12.5. The van der Waals surface area contributed by atoms with Crippen LogP contribution >= 0.6 is 22.7 Å². The largest absolute Gasteiger partial charge is 0.336 e. The van der Waals surface area contributed by atoms with Crippen LogP contribution in [-0.4, -0.2) is 21.0 Å². The number of thiazole rings is 1. The van der Waals surface area contributed by atoms with Crippen molar-refractivity contribution in [1.29, 1.82) is 0 Å². The number of rotatable bonds is 4. The molecule has 0 aliphatic heterocycles. The molecule has 4 rings (SSSR count). The Balaban J connectivity index is 1.57. The maximum absolute atomic E-state index is 12.6. The maximum Gasteiger partial charge on any atom is 0.259 e. The van der Waals surface area contributed by atoms with Gasteiger partial charge in [-0.2, -0.15) is 0 Å². The number of pyridine rings is 1. The van der Waals surface area contributed by atoms with E-state index in [0.29, 0.717) is 16.4 Å². The molecule has 0 aliphatic rings. The number of aromatic nitrogens is 3. The van der Waals surface area contributed by atoms with E-state index < -0.39 is 0 Å². The van der Waals surface area contributed by atoms with Crippen LogP contribution in [0.4, 0.5) is 5.13 Å². The van der Waals surface area contributed by atoms with Crippen molar-refractivity contribution in [2.75, 3.05) is 5.32 Å². The molecule has 4 heterocycles. The van der Waals surface area contributed by atoms with Crippen LogP contribution in [0.2, 0.25) is 0 Å². The first kappa shape index (κ1) is 16.9. The SMILES string of the molecule is Cc1ccc(-c2csc(NC(=O)c3cnc4onc(C(C)C)c4c3)n2)s1. The van der Waals surface area contributed by atoms with Gasteiger partial charge in [-0.05, 0) is 31.0 Å². The zero-order valence-corrected chi connectivity index (χ0v) is 16.1. The third-order valence-electron chi connectivity index (χ3n) is 3.88. The predicted molar refractivity (Wildman–Crippen MR) is 104 cm³/mol. The van der Waals surface area contributed by atoms with Crippen LogP contribution in [0.5, 0.6) is 0 Å². The van der Waals surface area contributed by atoms with Crippen molar-refractivity contribution >= 4 is 44.8 Å². The third-order valence-corrected chi connectivity index (χ3v) is 5.66. The van der Waals surface area contributed by atoms with Crippen LogP contribution in [0.25, 0.3) is 21.7 Å². The second-order valence-electron chi connectivity index (χ2n) is 6.20. The first-order valence-corrected chi connectivity index (χ1v) is 9.80. The Bertz CT molecular complexity index is 1090. The van der Waals surface area contributed by atoms with Crippen molar-refractivity contribution in [2.24, 2.45) is 0 Å². The number of carbonyl (C=O) groups excluding carboxylic acids is 1. The van der Waals surface area contributed by atoms with Crippen LogP contribution in [0, 0.1) is 6.92 Å². The number of nitrogens with zero attached hydrogens (tertiary/aromatic N) is 3. The second-order valence-corrected chi connectivity index (χ2v) is 8.35. The Hall–Kier alpha value is -2.58. The summed E-state index contributed by atoms with van der Waals surface area (Å²) in [6.45, 7) is 6.10. The van der Waals surface area contributed by atoms with E-state index >= 15 is 0 Å².